The molecule has 0 bridgehead atoms. The van der Waals surface area contributed by atoms with Crippen molar-refractivity contribution in [3.63, 3.8) is 0 Å². The van der Waals surface area contributed by atoms with E-state index in [-0.39, 0.29) is 11.6 Å². The number of pyridine rings is 1. The van der Waals surface area contributed by atoms with Crippen LogP contribution in [0.3, 0.4) is 0 Å². The van der Waals surface area contributed by atoms with E-state index in [0.29, 0.717) is 53.7 Å². The number of hydrogen-bond acceptors (Lipinski definition) is 12. The molecule has 13 heteroatoms. The molecule has 0 aliphatic carbocycles. The first-order valence-electron chi connectivity index (χ1n) is 11.4. The van der Waals surface area contributed by atoms with Crippen LogP contribution in [0.25, 0.3) is 22.7 Å². The molecule has 0 saturated carbocycles. The van der Waals surface area contributed by atoms with Crippen molar-refractivity contribution in [1.82, 2.24) is 30.0 Å². The van der Waals surface area contributed by atoms with Gasteiger partial charge in [-0.05, 0) is 38.2 Å². The third-order valence-electron chi connectivity index (χ3n) is 5.39. The van der Waals surface area contributed by atoms with E-state index in [1.165, 1.54) is 18.6 Å². The fourth-order valence-corrected chi connectivity index (χ4v) is 3.59. The van der Waals surface area contributed by atoms with Crippen LogP contribution in [-0.2, 0) is 6.42 Å². The number of nitrogens with zero attached hydrogens (tertiary/aromatic N) is 8. The SMILES string of the molecule is CN(C)CCc1cccc(C#N)c1-c1nc(NCCNc2ccc([N+](=O)[O-])cn2)ncc1-c1ncno1. The molecule has 0 amide bonds. The number of nitrogens with one attached hydrogen (secondary N) is 2. The summed E-state index contributed by atoms with van der Waals surface area (Å²) in [6.07, 6.45) is 4.79. The second-order valence-electron chi connectivity index (χ2n) is 8.22. The highest BCUT2D eigenvalue weighted by Gasteiger charge is 2.21. The molecule has 3 aromatic heterocycles. The fourth-order valence-electron chi connectivity index (χ4n) is 3.59. The Morgan fingerprint density at radius 2 is 1.95 bits per heavy atom. The van der Waals surface area contributed by atoms with Crippen LogP contribution >= 0.6 is 0 Å². The second kappa shape index (κ2) is 11.6. The highest BCUT2D eigenvalue weighted by Crippen LogP contribution is 2.34. The Bertz CT molecular complexity index is 1400. The van der Waals surface area contributed by atoms with Gasteiger partial charge in [-0.3, -0.25) is 10.1 Å². The highest BCUT2D eigenvalue weighted by atomic mass is 16.6. The molecule has 0 saturated heterocycles. The molecule has 0 aliphatic rings. The largest absolute Gasteiger partial charge is 0.368 e. The fraction of sp³-hybridized carbons (Fsp3) is 0.250. The van der Waals surface area contributed by atoms with E-state index < -0.39 is 4.92 Å². The maximum Gasteiger partial charge on any atom is 0.287 e. The predicted molar refractivity (Wildman–Crippen MR) is 136 cm³/mol. The van der Waals surface area contributed by atoms with Gasteiger partial charge in [0.2, 0.25) is 5.95 Å². The monoisotopic (exact) mass is 500 g/mol. The summed E-state index contributed by atoms with van der Waals surface area (Å²) in [5, 5.41) is 30.6. The molecule has 37 heavy (non-hydrogen) atoms. The Hall–Kier alpha value is -4.96. The lowest BCUT2D eigenvalue weighted by Crippen LogP contribution is -2.17. The van der Waals surface area contributed by atoms with E-state index in [9.17, 15) is 15.4 Å². The van der Waals surface area contributed by atoms with Gasteiger partial charge < -0.3 is 20.1 Å². The molecule has 3 heterocycles. The molecule has 1 aromatic carbocycles. The molecule has 0 spiro atoms. The normalized spacial score (nSPS) is 10.8. The van der Waals surface area contributed by atoms with Gasteiger partial charge in [0.05, 0.1) is 27.8 Å². The first-order valence-corrected chi connectivity index (χ1v) is 11.4. The molecule has 188 valence electrons. The smallest absolute Gasteiger partial charge is 0.287 e. The van der Waals surface area contributed by atoms with E-state index in [2.05, 4.69) is 41.7 Å². The van der Waals surface area contributed by atoms with Gasteiger partial charge in [-0.15, -0.1) is 0 Å². The van der Waals surface area contributed by atoms with Gasteiger partial charge in [-0.2, -0.15) is 10.2 Å². The van der Waals surface area contributed by atoms with Gasteiger partial charge in [0.25, 0.3) is 11.6 Å². The van der Waals surface area contributed by atoms with Crippen LogP contribution in [-0.4, -0.2) is 68.6 Å². The second-order valence-corrected chi connectivity index (χ2v) is 8.22. The molecular weight excluding hydrogens is 476 g/mol. The number of nitriles is 1. The van der Waals surface area contributed by atoms with Gasteiger partial charge in [0, 0.05) is 37.5 Å². The predicted octanol–water partition coefficient (Wildman–Crippen LogP) is 3.00. The molecule has 13 nitrogen and oxygen atoms in total. The van der Waals surface area contributed by atoms with Crippen molar-refractivity contribution in [2.45, 2.75) is 6.42 Å². The van der Waals surface area contributed by atoms with Crippen LogP contribution in [0.2, 0.25) is 0 Å². The Balaban J connectivity index is 1.59. The average Bonchev–Trinajstić information content (AvgIpc) is 3.44. The molecule has 0 fully saturated rings. The van der Waals surface area contributed by atoms with Crippen molar-refractivity contribution in [1.29, 1.82) is 5.26 Å². The van der Waals surface area contributed by atoms with E-state index in [1.54, 1.807) is 18.3 Å². The minimum absolute atomic E-state index is 0.0754. The summed E-state index contributed by atoms with van der Waals surface area (Å²) in [7, 11) is 3.98. The Labute approximate surface area is 212 Å². The Morgan fingerprint density at radius 3 is 2.62 bits per heavy atom. The summed E-state index contributed by atoms with van der Waals surface area (Å²) >= 11 is 0. The van der Waals surface area contributed by atoms with Crippen molar-refractivity contribution in [2.75, 3.05) is 44.4 Å². The van der Waals surface area contributed by atoms with Gasteiger partial charge in [0.1, 0.15) is 12.0 Å². The zero-order valence-corrected chi connectivity index (χ0v) is 20.2. The molecule has 0 aliphatic heterocycles. The van der Waals surface area contributed by atoms with Crippen LogP contribution in [0.15, 0.2) is 53.6 Å². The Morgan fingerprint density at radius 1 is 1.11 bits per heavy atom. The summed E-state index contributed by atoms with van der Waals surface area (Å²) < 4.78 is 5.29. The van der Waals surface area contributed by atoms with E-state index in [1.807, 2.05) is 26.2 Å². The van der Waals surface area contributed by atoms with Gasteiger partial charge in [-0.25, -0.2) is 15.0 Å². The number of anilines is 2. The number of nitro groups is 1. The number of benzene rings is 1. The Kier molecular flexibility index (Phi) is 7.91. The first kappa shape index (κ1) is 25.1. The number of likely N-dealkylation sites (N-methyl/N-ethyl adjacent to an activating group) is 1. The molecule has 0 atom stereocenters. The zero-order chi connectivity index (χ0) is 26.2. The number of hydrogen-bond donors (Lipinski definition) is 2. The van der Waals surface area contributed by atoms with Crippen molar-refractivity contribution in [3.05, 3.63) is 70.3 Å². The quantitative estimate of drug-likeness (QED) is 0.175. The topological polar surface area (TPSA) is 172 Å². The van der Waals surface area contributed by atoms with Crippen molar-refractivity contribution >= 4 is 17.5 Å². The summed E-state index contributed by atoms with van der Waals surface area (Å²) in [6.45, 7) is 1.68. The van der Waals surface area contributed by atoms with Crippen LogP contribution in [0.5, 0.6) is 0 Å². The van der Waals surface area contributed by atoms with Crippen molar-refractivity contribution in [2.24, 2.45) is 0 Å². The number of aromatic nitrogens is 5. The minimum Gasteiger partial charge on any atom is -0.368 e. The van der Waals surface area contributed by atoms with Gasteiger partial charge >= 0.3 is 0 Å². The van der Waals surface area contributed by atoms with E-state index >= 15 is 0 Å². The first-order chi connectivity index (χ1) is 18.0. The van der Waals surface area contributed by atoms with Crippen LogP contribution < -0.4 is 10.6 Å². The van der Waals surface area contributed by atoms with Crippen molar-refractivity contribution in [3.8, 4) is 28.8 Å². The standard InChI is InChI=1S/C24H24N10O3/c1-33(2)11-8-16-4-3-5-17(12-25)21(16)22-19(23-30-15-31-37-23)14-29-24(32-22)27-10-9-26-20-7-6-18(13-28-20)34(35)36/h3-7,13-15H,8-11H2,1-2H3,(H,26,28)(H,27,29,32). The summed E-state index contributed by atoms with van der Waals surface area (Å²) in [6, 6.07) is 10.8. The van der Waals surface area contributed by atoms with Crippen molar-refractivity contribution < 1.29 is 9.45 Å². The van der Waals surface area contributed by atoms with E-state index in [0.717, 1.165) is 12.1 Å². The van der Waals surface area contributed by atoms with Crippen LogP contribution in [0.4, 0.5) is 17.5 Å². The molecular formula is C24H24N10O3. The van der Waals surface area contributed by atoms with E-state index in [4.69, 9.17) is 9.51 Å². The molecule has 4 aromatic rings. The minimum atomic E-state index is -0.498. The molecule has 0 radical (unpaired) electrons. The summed E-state index contributed by atoms with van der Waals surface area (Å²) in [5.74, 6) is 1.11. The maximum absolute atomic E-state index is 10.8. The lowest BCUT2D eigenvalue weighted by atomic mass is 9.94. The number of rotatable bonds is 11. The third kappa shape index (κ3) is 6.19. The average molecular weight is 501 g/mol. The van der Waals surface area contributed by atoms with Crippen LogP contribution in [0, 0.1) is 21.4 Å². The maximum atomic E-state index is 10.8. The lowest BCUT2D eigenvalue weighted by molar-refractivity contribution is -0.385. The highest BCUT2D eigenvalue weighted by molar-refractivity contribution is 5.82. The molecule has 2 N–H and O–H groups in total. The van der Waals surface area contributed by atoms with Gasteiger partial charge in [-0.1, -0.05) is 17.3 Å². The molecule has 4 rings (SSSR count). The lowest BCUT2D eigenvalue weighted by Gasteiger charge is -2.16. The van der Waals surface area contributed by atoms with Crippen LogP contribution in [0.1, 0.15) is 11.1 Å². The summed E-state index contributed by atoms with van der Waals surface area (Å²) in [5.41, 5.74) is 3.09. The zero-order valence-electron chi connectivity index (χ0n) is 20.2. The third-order valence-corrected chi connectivity index (χ3v) is 5.39. The molecule has 0 unspecified atom stereocenters. The van der Waals surface area contributed by atoms with Gasteiger partial charge in [0.15, 0.2) is 6.33 Å². The summed E-state index contributed by atoms with van der Waals surface area (Å²) in [4.78, 5) is 29.7.